The fourth-order valence-corrected chi connectivity index (χ4v) is 1.48. The van der Waals surface area contributed by atoms with Crippen LogP contribution in [0.5, 0.6) is 0 Å². The van der Waals surface area contributed by atoms with Crippen molar-refractivity contribution in [1.82, 2.24) is 10.3 Å². The number of hydrogen-bond donors (Lipinski definition) is 3. The molecule has 0 saturated carbocycles. The lowest BCUT2D eigenvalue weighted by molar-refractivity contribution is 0.213. The monoisotopic (exact) mass is 241 g/mol. The molecular formula is C11H19N3O3. The molecule has 96 valence electrons. The third-order valence-electron chi connectivity index (χ3n) is 2.15. The number of nitrogens with one attached hydrogen (secondary N) is 2. The van der Waals surface area contributed by atoms with Crippen molar-refractivity contribution in [2.75, 3.05) is 11.9 Å². The van der Waals surface area contributed by atoms with Crippen LogP contribution in [0.15, 0.2) is 10.6 Å². The van der Waals surface area contributed by atoms with Gasteiger partial charge in [0.25, 0.3) is 0 Å². The minimum Gasteiger partial charge on any atom is -0.429 e. The van der Waals surface area contributed by atoms with E-state index >= 15 is 0 Å². The molecule has 0 aliphatic carbocycles. The third-order valence-corrected chi connectivity index (χ3v) is 2.15. The van der Waals surface area contributed by atoms with Crippen LogP contribution in [0.1, 0.15) is 26.0 Å². The van der Waals surface area contributed by atoms with Gasteiger partial charge in [-0.1, -0.05) is 13.8 Å². The van der Waals surface area contributed by atoms with Gasteiger partial charge < -0.3 is 14.8 Å². The molecule has 1 atom stereocenters. The number of aliphatic hydroxyl groups is 1. The van der Waals surface area contributed by atoms with E-state index in [2.05, 4.69) is 15.6 Å². The Kier molecular flexibility index (Phi) is 4.96. The maximum absolute atomic E-state index is 11.5. The van der Waals surface area contributed by atoms with Crippen molar-refractivity contribution < 1.29 is 14.3 Å². The van der Waals surface area contributed by atoms with E-state index in [9.17, 15) is 4.79 Å². The fourth-order valence-electron chi connectivity index (χ4n) is 1.48. The number of carbonyl (C=O) groups excluding carboxylic acids is 1. The lowest BCUT2D eigenvalue weighted by atomic mass is 10.0. The van der Waals surface area contributed by atoms with Gasteiger partial charge in [-0.15, -0.1) is 0 Å². The van der Waals surface area contributed by atoms with Gasteiger partial charge in [0.2, 0.25) is 0 Å². The van der Waals surface area contributed by atoms with Crippen LogP contribution < -0.4 is 10.6 Å². The minimum absolute atomic E-state index is 0.0871. The second kappa shape index (κ2) is 6.24. The second-order valence-corrected chi connectivity index (χ2v) is 4.38. The number of oxazole rings is 1. The number of amides is 2. The van der Waals surface area contributed by atoms with Gasteiger partial charge in [-0.2, -0.15) is 0 Å². The van der Waals surface area contributed by atoms with Crippen LogP contribution in [0.25, 0.3) is 0 Å². The summed E-state index contributed by atoms with van der Waals surface area (Å²) in [5.74, 6) is 1.03. The standard InChI is InChI=1S/C11H19N3O3/c1-7(2)4-9(6-15)13-10(16)14-11-12-5-8(3)17-11/h5,7,9,15H,4,6H2,1-3H3,(H2,12,13,14,16)/t9-/m1/s1. The molecule has 1 heterocycles. The highest BCUT2D eigenvalue weighted by Gasteiger charge is 2.14. The zero-order chi connectivity index (χ0) is 12.8. The number of hydrogen-bond acceptors (Lipinski definition) is 4. The molecule has 1 aromatic heterocycles. The Morgan fingerprint density at radius 2 is 2.29 bits per heavy atom. The number of anilines is 1. The topological polar surface area (TPSA) is 87.4 Å². The molecule has 0 spiro atoms. The van der Waals surface area contributed by atoms with Gasteiger partial charge in [0.1, 0.15) is 5.76 Å². The Labute approximate surface area is 100 Å². The molecule has 3 N–H and O–H groups in total. The van der Waals surface area contributed by atoms with Crippen LogP contribution in [0.3, 0.4) is 0 Å². The Balaban J connectivity index is 2.42. The first-order valence-corrected chi connectivity index (χ1v) is 5.62. The van der Waals surface area contributed by atoms with Gasteiger partial charge in [0.05, 0.1) is 18.8 Å². The zero-order valence-electron chi connectivity index (χ0n) is 10.4. The van der Waals surface area contributed by atoms with Crippen LogP contribution >= 0.6 is 0 Å². The van der Waals surface area contributed by atoms with Crippen molar-refractivity contribution in [2.45, 2.75) is 33.2 Å². The zero-order valence-corrected chi connectivity index (χ0v) is 10.4. The first-order valence-electron chi connectivity index (χ1n) is 5.62. The highest BCUT2D eigenvalue weighted by Crippen LogP contribution is 2.07. The molecule has 0 radical (unpaired) electrons. The Bertz CT molecular complexity index is 363. The normalized spacial score (nSPS) is 12.5. The predicted octanol–water partition coefficient (Wildman–Crippen LogP) is 1.51. The smallest absolute Gasteiger partial charge is 0.323 e. The molecule has 0 bridgehead atoms. The summed E-state index contributed by atoms with van der Waals surface area (Å²) in [5.41, 5.74) is 0. The van der Waals surface area contributed by atoms with Gasteiger partial charge in [-0.25, -0.2) is 9.78 Å². The number of nitrogens with zero attached hydrogens (tertiary/aromatic N) is 1. The third kappa shape index (κ3) is 4.86. The van der Waals surface area contributed by atoms with E-state index in [1.54, 1.807) is 6.92 Å². The Morgan fingerprint density at radius 1 is 1.59 bits per heavy atom. The quantitative estimate of drug-likeness (QED) is 0.729. The average Bonchev–Trinajstić information content (AvgIpc) is 2.62. The molecule has 0 aliphatic heterocycles. The molecule has 0 unspecified atom stereocenters. The molecule has 0 aliphatic rings. The van der Waals surface area contributed by atoms with Crippen LogP contribution in [0.2, 0.25) is 0 Å². The first kappa shape index (κ1) is 13.5. The molecule has 1 rings (SSSR count). The van der Waals surface area contributed by atoms with Gasteiger partial charge in [0.15, 0.2) is 0 Å². The van der Waals surface area contributed by atoms with E-state index in [4.69, 9.17) is 9.52 Å². The van der Waals surface area contributed by atoms with Crippen LogP contribution in [-0.4, -0.2) is 28.8 Å². The molecule has 17 heavy (non-hydrogen) atoms. The molecule has 0 fully saturated rings. The van der Waals surface area contributed by atoms with Crippen molar-refractivity contribution in [2.24, 2.45) is 5.92 Å². The van der Waals surface area contributed by atoms with E-state index in [1.807, 2.05) is 13.8 Å². The number of aryl methyl sites for hydroxylation is 1. The Hall–Kier alpha value is -1.56. The molecule has 6 nitrogen and oxygen atoms in total. The number of rotatable bonds is 5. The van der Waals surface area contributed by atoms with E-state index in [1.165, 1.54) is 6.20 Å². The summed E-state index contributed by atoms with van der Waals surface area (Å²) < 4.78 is 5.10. The van der Waals surface area contributed by atoms with Crippen LogP contribution in [0.4, 0.5) is 10.8 Å². The average molecular weight is 241 g/mol. The maximum atomic E-state index is 11.5. The lowest BCUT2D eigenvalue weighted by Gasteiger charge is -2.17. The maximum Gasteiger partial charge on any atom is 0.323 e. The number of urea groups is 1. The van der Waals surface area contributed by atoms with Crippen molar-refractivity contribution in [3.05, 3.63) is 12.0 Å². The number of aromatic nitrogens is 1. The van der Waals surface area contributed by atoms with E-state index in [0.717, 1.165) is 0 Å². The van der Waals surface area contributed by atoms with Crippen LogP contribution in [0, 0.1) is 12.8 Å². The van der Waals surface area contributed by atoms with E-state index in [0.29, 0.717) is 18.1 Å². The molecule has 0 saturated heterocycles. The van der Waals surface area contributed by atoms with Crippen molar-refractivity contribution >= 4 is 12.0 Å². The molecular weight excluding hydrogens is 222 g/mol. The summed E-state index contributed by atoms with van der Waals surface area (Å²) in [6.07, 6.45) is 2.24. The molecule has 0 aromatic carbocycles. The van der Waals surface area contributed by atoms with E-state index < -0.39 is 6.03 Å². The molecule has 6 heteroatoms. The fraction of sp³-hybridized carbons (Fsp3) is 0.636. The first-order chi connectivity index (χ1) is 8.01. The van der Waals surface area contributed by atoms with Gasteiger partial charge >= 0.3 is 12.0 Å². The SMILES string of the molecule is Cc1cnc(NC(=O)N[C@@H](CO)CC(C)C)o1. The minimum atomic E-state index is -0.424. The highest BCUT2D eigenvalue weighted by molar-refractivity contribution is 5.87. The van der Waals surface area contributed by atoms with Gasteiger partial charge in [0, 0.05) is 0 Å². The van der Waals surface area contributed by atoms with Crippen molar-refractivity contribution in [3.63, 3.8) is 0 Å². The summed E-state index contributed by atoms with van der Waals surface area (Å²) in [7, 11) is 0. The van der Waals surface area contributed by atoms with Crippen molar-refractivity contribution in [1.29, 1.82) is 0 Å². The summed E-state index contributed by atoms with van der Waals surface area (Å²) in [5, 5.41) is 14.2. The summed E-state index contributed by atoms with van der Waals surface area (Å²) >= 11 is 0. The summed E-state index contributed by atoms with van der Waals surface area (Å²) in [6, 6.07) is -0.529. The van der Waals surface area contributed by atoms with Crippen LogP contribution in [-0.2, 0) is 0 Å². The van der Waals surface area contributed by atoms with Gasteiger partial charge in [-0.3, -0.25) is 5.32 Å². The summed E-state index contributed by atoms with van der Waals surface area (Å²) in [6.45, 7) is 5.71. The van der Waals surface area contributed by atoms with Gasteiger partial charge in [-0.05, 0) is 19.3 Å². The Morgan fingerprint density at radius 3 is 2.76 bits per heavy atom. The summed E-state index contributed by atoms with van der Waals surface area (Å²) in [4.78, 5) is 15.4. The molecule has 2 amide bonds. The number of aliphatic hydroxyl groups excluding tert-OH is 1. The highest BCUT2D eigenvalue weighted by atomic mass is 16.4. The predicted molar refractivity (Wildman–Crippen MR) is 63.7 cm³/mol. The largest absolute Gasteiger partial charge is 0.429 e. The second-order valence-electron chi connectivity index (χ2n) is 4.38. The number of carbonyl (C=O) groups is 1. The lowest BCUT2D eigenvalue weighted by Crippen LogP contribution is -2.41. The van der Waals surface area contributed by atoms with E-state index in [-0.39, 0.29) is 18.7 Å². The van der Waals surface area contributed by atoms with Crippen molar-refractivity contribution in [3.8, 4) is 0 Å². The molecule has 1 aromatic rings.